The van der Waals surface area contributed by atoms with E-state index in [0.717, 1.165) is 17.5 Å². The van der Waals surface area contributed by atoms with Crippen LogP contribution in [0.3, 0.4) is 0 Å². The van der Waals surface area contributed by atoms with Crippen LogP contribution in [0, 0.1) is 49.4 Å². The number of hydrogen-bond acceptors (Lipinski definition) is 3. The lowest BCUT2D eigenvalue weighted by atomic mass is 9.63. The first-order chi connectivity index (χ1) is 12.5. The Morgan fingerprint density at radius 2 is 1.65 bits per heavy atom. The second kappa shape index (κ2) is 5.29. The molecule has 5 nitrogen and oxygen atoms in total. The molecular formula is C21H22N2O3. The summed E-state index contributed by atoms with van der Waals surface area (Å²) in [4.78, 5) is 39.4. The van der Waals surface area contributed by atoms with E-state index in [2.05, 4.69) is 17.5 Å². The third-order valence-corrected chi connectivity index (χ3v) is 6.85. The van der Waals surface area contributed by atoms with Gasteiger partial charge in [-0.15, -0.1) is 0 Å². The highest BCUT2D eigenvalue weighted by molar-refractivity contribution is 6.09. The van der Waals surface area contributed by atoms with Gasteiger partial charge in [-0.1, -0.05) is 18.2 Å². The molecule has 134 valence electrons. The molecule has 0 aromatic heterocycles. The van der Waals surface area contributed by atoms with Crippen LogP contribution in [0.2, 0.25) is 0 Å². The van der Waals surface area contributed by atoms with E-state index in [1.165, 1.54) is 4.90 Å². The first-order valence-corrected chi connectivity index (χ1v) is 9.36. The van der Waals surface area contributed by atoms with Crippen molar-refractivity contribution in [2.24, 2.45) is 35.5 Å². The fourth-order valence-electron chi connectivity index (χ4n) is 5.34. The van der Waals surface area contributed by atoms with E-state index in [-0.39, 0.29) is 47.9 Å². The molecule has 0 spiro atoms. The molecule has 3 amide bonds. The minimum absolute atomic E-state index is 0.153. The van der Waals surface area contributed by atoms with Gasteiger partial charge >= 0.3 is 0 Å². The van der Waals surface area contributed by atoms with Crippen molar-refractivity contribution in [3.05, 3.63) is 41.5 Å². The van der Waals surface area contributed by atoms with Crippen LogP contribution in [0.25, 0.3) is 0 Å². The predicted molar refractivity (Wildman–Crippen MR) is 96.0 cm³/mol. The number of imide groups is 1. The maximum Gasteiger partial charge on any atom is 0.244 e. The molecule has 1 heterocycles. The third kappa shape index (κ3) is 2.12. The summed E-state index contributed by atoms with van der Waals surface area (Å²) >= 11 is 0. The minimum Gasteiger partial charge on any atom is -0.325 e. The summed E-state index contributed by atoms with van der Waals surface area (Å²) < 4.78 is 0. The molecule has 3 fully saturated rings. The molecule has 1 aliphatic heterocycles. The number of carbonyl (C=O) groups excluding carboxylic acids is 3. The number of nitrogens with zero attached hydrogens (tertiary/aromatic N) is 1. The molecule has 1 aromatic carbocycles. The van der Waals surface area contributed by atoms with Crippen LogP contribution >= 0.6 is 0 Å². The van der Waals surface area contributed by atoms with Crippen LogP contribution in [0.1, 0.15) is 17.5 Å². The van der Waals surface area contributed by atoms with E-state index >= 15 is 0 Å². The van der Waals surface area contributed by atoms with Crippen molar-refractivity contribution < 1.29 is 14.4 Å². The van der Waals surface area contributed by atoms with E-state index in [9.17, 15) is 14.4 Å². The molecule has 5 heteroatoms. The summed E-state index contributed by atoms with van der Waals surface area (Å²) in [6, 6.07) is 5.69. The summed E-state index contributed by atoms with van der Waals surface area (Å²) in [5.41, 5.74) is 2.93. The van der Waals surface area contributed by atoms with Crippen LogP contribution in [-0.4, -0.2) is 29.2 Å². The summed E-state index contributed by atoms with van der Waals surface area (Å²) in [5, 5.41) is 2.81. The Kier molecular flexibility index (Phi) is 3.21. The maximum absolute atomic E-state index is 12.9. The van der Waals surface area contributed by atoms with E-state index in [1.807, 2.05) is 32.0 Å². The van der Waals surface area contributed by atoms with Gasteiger partial charge in [0.25, 0.3) is 0 Å². The summed E-state index contributed by atoms with van der Waals surface area (Å²) in [6.07, 6.45) is 5.43. The lowest BCUT2D eigenvalue weighted by molar-refractivity contribution is -0.142. The Balaban J connectivity index is 1.32. The number of carbonyl (C=O) groups is 3. The Morgan fingerprint density at radius 3 is 2.23 bits per heavy atom. The van der Waals surface area contributed by atoms with Gasteiger partial charge in [-0.05, 0) is 67.2 Å². The molecule has 0 unspecified atom stereocenters. The lowest BCUT2D eigenvalue weighted by Gasteiger charge is -2.37. The van der Waals surface area contributed by atoms with E-state index in [4.69, 9.17) is 0 Å². The lowest BCUT2D eigenvalue weighted by Crippen LogP contribution is -2.40. The molecule has 0 radical (unpaired) electrons. The standard InChI is InChI=1S/C21H22N2O3/c1-10-3-4-12(7-11(10)2)22-17(24)9-23-20(25)18-13-5-6-14(16-8-15(13)16)19(18)21(23)26/h3-7,13-16,18-19H,8-9H2,1-2H3,(H,22,24)/t13-,14-,15-,16-,18-,19+/m1/s1. The summed E-state index contributed by atoms with van der Waals surface area (Å²) in [6.45, 7) is 3.81. The molecule has 6 atom stereocenters. The van der Waals surface area contributed by atoms with Crippen molar-refractivity contribution in [3.8, 4) is 0 Å². The third-order valence-electron chi connectivity index (χ3n) is 6.85. The van der Waals surface area contributed by atoms with Crippen molar-refractivity contribution in [2.45, 2.75) is 20.3 Å². The molecule has 5 aliphatic rings. The van der Waals surface area contributed by atoms with Gasteiger partial charge in [0.2, 0.25) is 17.7 Å². The van der Waals surface area contributed by atoms with E-state index in [0.29, 0.717) is 17.5 Å². The van der Waals surface area contributed by atoms with Gasteiger partial charge in [0, 0.05) is 5.69 Å². The molecule has 26 heavy (non-hydrogen) atoms. The van der Waals surface area contributed by atoms with Crippen LogP contribution < -0.4 is 5.32 Å². The number of aryl methyl sites for hydroxylation is 2. The van der Waals surface area contributed by atoms with Crippen LogP contribution in [0.5, 0.6) is 0 Å². The second-order valence-electron chi connectivity index (χ2n) is 8.26. The second-order valence-corrected chi connectivity index (χ2v) is 8.26. The maximum atomic E-state index is 12.9. The number of benzene rings is 1. The average Bonchev–Trinajstić information content (AvgIpc) is 3.39. The van der Waals surface area contributed by atoms with Gasteiger partial charge in [0.1, 0.15) is 6.54 Å². The number of amides is 3. The molecule has 1 saturated heterocycles. The Hall–Kier alpha value is -2.43. The monoisotopic (exact) mass is 350 g/mol. The molecule has 1 aromatic rings. The smallest absolute Gasteiger partial charge is 0.244 e. The zero-order chi connectivity index (χ0) is 18.2. The number of likely N-dealkylation sites (tertiary alicyclic amines) is 1. The highest BCUT2D eigenvalue weighted by Gasteiger charge is 2.67. The quantitative estimate of drug-likeness (QED) is 0.672. The van der Waals surface area contributed by atoms with E-state index in [1.54, 1.807) is 0 Å². The van der Waals surface area contributed by atoms with Crippen LogP contribution in [0.15, 0.2) is 30.4 Å². The predicted octanol–water partition coefficient (Wildman–Crippen LogP) is 2.30. The molecule has 6 rings (SSSR count). The van der Waals surface area contributed by atoms with Crippen molar-refractivity contribution in [3.63, 3.8) is 0 Å². The van der Waals surface area contributed by atoms with Crippen molar-refractivity contribution in [1.82, 2.24) is 4.90 Å². The Labute approximate surface area is 152 Å². The number of rotatable bonds is 3. The van der Waals surface area contributed by atoms with Gasteiger partial charge in [-0.3, -0.25) is 19.3 Å². The largest absolute Gasteiger partial charge is 0.325 e. The highest BCUT2D eigenvalue weighted by Crippen LogP contribution is 2.65. The van der Waals surface area contributed by atoms with Gasteiger partial charge in [-0.2, -0.15) is 0 Å². The van der Waals surface area contributed by atoms with Gasteiger partial charge in [0.05, 0.1) is 11.8 Å². The molecular weight excluding hydrogens is 328 g/mol. The van der Waals surface area contributed by atoms with E-state index < -0.39 is 0 Å². The minimum atomic E-state index is -0.320. The van der Waals surface area contributed by atoms with Gasteiger partial charge in [-0.25, -0.2) is 0 Å². The van der Waals surface area contributed by atoms with Crippen molar-refractivity contribution >= 4 is 23.4 Å². The fourth-order valence-corrected chi connectivity index (χ4v) is 5.34. The van der Waals surface area contributed by atoms with Crippen LogP contribution in [-0.2, 0) is 14.4 Å². The van der Waals surface area contributed by atoms with Gasteiger partial charge in [0.15, 0.2) is 0 Å². The number of nitrogens with one attached hydrogen (secondary N) is 1. The highest BCUT2D eigenvalue weighted by atomic mass is 16.2. The fraction of sp³-hybridized carbons (Fsp3) is 0.476. The Bertz CT molecular complexity index is 838. The normalized spacial score (nSPS) is 36.2. The SMILES string of the molecule is Cc1ccc(NC(=O)CN2C(=O)[C@@H]3[C@@H]4C=C[C@H]([C@H]5C[C@H]45)[C@@H]3C2=O)cc1C. The number of allylic oxidation sites excluding steroid dienone is 2. The first-order valence-electron chi connectivity index (χ1n) is 9.36. The topological polar surface area (TPSA) is 66.5 Å². The number of anilines is 1. The molecule has 1 N–H and O–H groups in total. The Morgan fingerprint density at radius 1 is 1.04 bits per heavy atom. The number of hydrogen-bond donors (Lipinski definition) is 1. The molecule has 2 saturated carbocycles. The average molecular weight is 350 g/mol. The zero-order valence-corrected chi connectivity index (χ0v) is 14.9. The van der Waals surface area contributed by atoms with Crippen molar-refractivity contribution in [2.75, 3.05) is 11.9 Å². The van der Waals surface area contributed by atoms with Crippen LogP contribution in [0.4, 0.5) is 5.69 Å². The van der Waals surface area contributed by atoms with Gasteiger partial charge < -0.3 is 5.32 Å². The molecule has 2 bridgehead atoms. The van der Waals surface area contributed by atoms with Crippen molar-refractivity contribution in [1.29, 1.82) is 0 Å². The summed E-state index contributed by atoms with van der Waals surface area (Å²) in [5.74, 6) is 0.434. The first kappa shape index (κ1) is 15.8. The summed E-state index contributed by atoms with van der Waals surface area (Å²) in [7, 11) is 0. The molecule has 4 aliphatic carbocycles. The zero-order valence-electron chi connectivity index (χ0n) is 14.9.